The summed E-state index contributed by atoms with van der Waals surface area (Å²) in [6.45, 7) is 5.35. The largest absolute Gasteiger partial charge is 0.323 e. The van der Waals surface area contributed by atoms with Crippen molar-refractivity contribution < 1.29 is 9.59 Å². The molecular weight excluding hydrogens is 391 g/mol. The molecule has 0 unspecified atom stereocenters. The Bertz CT molecular complexity index is 724. The van der Waals surface area contributed by atoms with Crippen molar-refractivity contribution in [2.45, 2.75) is 6.92 Å². The fourth-order valence-electron chi connectivity index (χ4n) is 1.84. The van der Waals surface area contributed by atoms with Crippen molar-refractivity contribution in [3.63, 3.8) is 0 Å². The topological polar surface area (TPSA) is 58.2 Å². The van der Waals surface area contributed by atoms with Gasteiger partial charge >= 0.3 is 0 Å². The molecule has 5 heteroatoms. The van der Waals surface area contributed by atoms with Crippen LogP contribution in [-0.2, 0) is 4.79 Å². The van der Waals surface area contributed by atoms with E-state index in [1.807, 2.05) is 25.1 Å². The SMILES string of the molecule is C=CC(=O)Nc1ccc(C(=O)Nc2cccc(I)c2C)cc1. The number of hydrogen-bond donors (Lipinski definition) is 2. The minimum atomic E-state index is -0.285. The molecule has 0 aliphatic heterocycles. The van der Waals surface area contributed by atoms with Gasteiger partial charge in [-0.1, -0.05) is 12.6 Å². The summed E-state index contributed by atoms with van der Waals surface area (Å²) in [5.74, 6) is -0.474. The maximum atomic E-state index is 12.3. The van der Waals surface area contributed by atoms with E-state index in [1.165, 1.54) is 6.08 Å². The summed E-state index contributed by atoms with van der Waals surface area (Å²) >= 11 is 2.23. The third-order valence-corrected chi connectivity index (χ3v) is 4.28. The number of rotatable bonds is 4. The predicted molar refractivity (Wildman–Crippen MR) is 97.1 cm³/mol. The van der Waals surface area contributed by atoms with E-state index in [1.54, 1.807) is 24.3 Å². The first kappa shape index (κ1) is 16.2. The van der Waals surface area contributed by atoms with Crippen LogP contribution in [0.25, 0.3) is 0 Å². The zero-order valence-corrected chi connectivity index (χ0v) is 14.2. The lowest BCUT2D eigenvalue weighted by atomic mass is 10.1. The molecule has 0 fully saturated rings. The summed E-state index contributed by atoms with van der Waals surface area (Å²) in [6, 6.07) is 12.4. The molecule has 0 radical (unpaired) electrons. The summed E-state index contributed by atoms with van der Waals surface area (Å²) in [7, 11) is 0. The van der Waals surface area contributed by atoms with E-state index in [2.05, 4.69) is 39.8 Å². The van der Waals surface area contributed by atoms with Crippen molar-refractivity contribution in [3.05, 3.63) is 69.8 Å². The molecular formula is C17H15IN2O2. The highest BCUT2D eigenvalue weighted by molar-refractivity contribution is 14.1. The Labute approximate surface area is 142 Å². The second kappa shape index (κ2) is 7.22. The number of carbonyl (C=O) groups is 2. The van der Waals surface area contributed by atoms with E-state index < -0.39 is 0 Å². The molecule has 0 aromatic heterocycles. The Balaban J connectivity index is 2.11. The zero-order valence-electron chi connectivity index (χ0n) is 12.0. The summed E-state index contributed by atoms with van der Waals surface area (Å²) < 4.78 is 1.10. The molecule has 0 aliphatic rings. The fourth-order valence-corrected chi connectivity index (χ4v) is 2.33. The molecule has 0 heterocycles. The van der Waals surface area contributed by atoms with Crippen LogP contribution in [0.2, 0.25) is 0 Å². The van der Waals surface area contributed by atoms with E-state index in [4.69, 9.17) is 0 Å². The van der Waals surface area contributed by atoms with Gasteiger partial charge in [-0.05, 0) is 77.6 Å². The minimum Gasteiger partial charge on any atom is -0.323 e. The number of hydrogen-bond acceptors (Lipinski definition) is 2. The van der Waals surface area contributed by atoms with Crippen LogP contribution in [0, 0.1) is 10.5 Å². The molecule has 4 nitrogen and oxygen atoms in total. The number of nitrogens with one attached hydrogen (secondary N) is 2. The number of amides is 2. The maximum absolute atomic E-state index is 12.3. The van der Waals surface area contributed by atoms with Crippen molar-refractivity contribution in [2.24, 2.45) is 0 Å². The van der Waals surface area contributed by atoms with Crippen molar-refractivity contribution >= 4 is 45.8 Å². The van der Waals surface area contributed by atoms with Gasteiger partial charge in [-0.15, -0.1) is 0 Å². The Morgan fingerprint density at radius 2 is 1.77 bits per heavy atom. The molecule has 0 aliphatic carbocycles. The molecule has 2 aromatic rings. The van der Waals surface area contributed by atoms with Crippen molar-refractivity contribution in [1.29, 1.82) is 0 Å². The van der Waals surface area contributed by atoms with E-state index in [0.717, 1.165) is 14.8 Å². The van der Waals surface area contributed by atoms with Crippen LogP contribution in [0.4, 0.5) is 11.4 Å². The van der Waals surface area contributed by atoms with Crippen LogP contribution in [0.15, 0.2) is 55.1 Å². The van der Waals surface area contributed by atoms with E-state index in [0.29, 0.717) is 11.3 Å². The molecule has 0 bridgehead atoms. The lowest BCUT2D eigenvalue weighted by Crippen LogP contribution is -2.13. The van der Waals surface area contributed by atoms with Crippen molar-refractivity contribution in [3.8, 4) is 0 Å². The number of benzene rings is 2. The zero-order chi connectivity index (χ0) is 16.1. The van der Waals surface area contributed by atoms with E-state index >= 15 is 0 Å². The third kappa shape index (κ3) is 3.94. The second-order valence-electron chi connectivity index (χ2n) is 4.64. The van der Waals surface area contributed by atoms with E-state index in [9.17, 15) is 9.59 Å². The molecule has 2 amide bonds. The quantitative estimate of drug-likeness (QED) is 0.596. The third-order valence-electron chi connectivity index (χ3n) is 3.12. The van der Waals surface area contributed by atoms with Crippen LogP contribution in [0.3, 0.4) is 0 Å². The minimum absolute atomic E-state index is 0.188. The molecule has 2 N–H and O–H groups in total. The number of halogens is 1. The van der Waals surface area contributed by atoms with Gasteiger partial charge in [-0.2, -0.15) is 0 Å². The Morgan fingerprint density at radius 1 is 1.09 bits per heavy atom. The average molecular weight is 406 g/mol. The number of carbonyl (C=O) groups excluding carboxylic acids is 2. The monoisotopic (exact) mass is 406 g/mol. The summed E-state index contributed by atoms with van der Waals surface area (Å²) in [5.41, 5.74) is 2.97. The summed E-state index contributed by atoms with van der Waals surface area (Å²) in [5, 5.41) is 5.53. The van der Waals surface area contributed by atoms with Gasteiger partial charge < -0.3 is 10.6 Å². The van der Waals surface area contributed by atoms with Gasteiger partial charge in [0.2, 0.25) is 5.91 Å². The molecule has 112 valence electrons. The van der Waals surface area contributed by atoms with Gasteiger partial charge in [-0.3, -0.25) is 9.59 Å². The highest BCUT2D eigenvalue weighted by Crippen LogP contribution is 2.21. The van der Waals surface area contributed by atoms with Gasteiger partial charge in [0, 0.05) is 20.5 Å². The summed E-state index contributed by atoms with van der Waals surface area (Å²) in [4.78, 5) is 23.5. The maximum Gasteiger partial charge on any atom is 0.255 e. The molecule has 0 saturated heterocycles. The standard InChI is InChI=1S/C17H15IN2O2/c1-3-16(21)19-13-9-7-12(8-10-13)17(22)20-15-6-4-5-14(18)11(15)2/h3-10H,1H2,2H3,(H,19,21)(H,20,22). The first-order chi connectivity index (χ1) is 10.5. The van der Waals surface area contributed by atoms with Crippen molar-refractivity contribution in [1.82, 2.24) is 0 Å². The van der Waals surface area contributed by atoms with Gasteiger partial charge in [0.1, 0.15) is 0 Å². The van der Waals surface area contributed by atoms with Gasteiger partial charge in [0.15, 0.2) is 0 Å². The Hall–Kier alpha value is -2.15. The second-order valence-corrected chi connectivity index (χ2v) is 5.80. The normalized spacial score (nSPS) is 9.91. The van der Waals surface area contributed by atoms with Gasteiger partial charge in [-0.25, -0.2) is 0 Å². The van der Waals surface area contributed by atoms with Gasteiger partial charge in [0.05, 0.1) is 0 Å². The Morgan fingerprint density at radius 3 is 2.41 bits per heavy atom. The average Bonchev–Trinajstić information content (AvgIpc) is 2.52. The lowest BCUT2D eigenvalue weighted by Gasteiger charge is -2.10. The smallest absolute Gasteiger partial charge is 0.255 e. The first-order valence-electron chi connectivity index (χ1n) is 6.61. The molecule has 2 aromatic carbocycles. The molecule has 0 spiro atoms. The number of anilines is 2. The van der Waals surface area contributed by atoms with Crippen molar-refractivity contribution in [2.75, 3.05) is 10.6 Å². The van der Waals surface area contributed by atoms with Gasteiger partial charge in [0.25, 0.3) is 5.91 Å². The fraction of sp³-hybridized carbons (Fsp3) is 0.0588. The van der Waals surface area contributed by atoms with Crippen LogP contribution < -0.4 is 10.6 Å². The molecule has 0 saturated carbocycles. The molecule has 0 atom stereocenters. The summed E-state index contributed by atoms with van der Waals surface area (Å²) in [6.07, 6.45) is 1.19. The van der Waals surface area contributed by atoms with Crippen LogP contribution in [0.1, 0.15) is 15.9 Å². The lowest BCUT2D eigenvalue weighted by molar-refractivity contribution is -0.111. The van der Waals surface area contributed by atoms with Crippen LogP contribution >= 0.6 is 22.6 Å². The highest BCUT2D eigenvalue weighted by atomic mass is 127. The highest BCUT2D eigenvalue weighted by Gasteiger charge is 2.09. The molecule has 2 rings (SSSR count). The Kier molecular flexibility index (Phi) is 5.32. The predicted octanol–water partition coefficient (Wildman–Crippen LogP) is 3.98. The first-order valence-corrected chi connectivity index (χ1v) is 7.69. The van der Waals surface area contributed by atoms with Crippen LogP contribution in [0.5, 0.6) is 0 Å². The molecule has 22 heavy (non-hydrogen) atoms. The van der Waals surface area contributed by atoms with E-state index in [-0.39, 0.29) is 11.8 Å². The van der Waals surface area contributed by atoms with Crippen LogP contribution in [-0.4, -0.2) is 11.8 Å².